The topological polar surface area (TPSA) is 78.1 Å². The third kappa shape index (κ3) is 3.23. The van der Waals surface area contributed by atoms with Gasteiger partial charge in [0, 0.05) is 17.1 Å². The van der Waals surface area contributed by atoms with Crippen molar-refractivity contribution in [3.05, 3.63) is 16.7 Å². The number of nitrogen functional groups attached to an aromatic ring is 3. The molecule has 0 saturated carbocycles. The molecule has 0 bridgehead atoms. The van der Waals surface area contributed by atoms with Crippen LogP contribution >= 0.6 is 37.2 Å². The number of nitrogens with two attached hydrogens (primary N) is 3. The van der Waals surface area contributed by atoms with Gasteiger partial charge in [0.2, 0.25) is 0 Å². The zero-order chi connectivity index (χ0) is 9.46. The van der Waals surface area contributed by atoms with E-state index in [1.807, 2.05) is 20.8 Å². The largest absolute Gasteiger partial charge is 0.398 e. The molecule has 0 aliphatic heterocycles. The molecule has 1 rings (SSSR count). The summed E-state index contributed by atoms with van der Waals surface area (Å²) in [6.45, 7) is 5.72. The van der Waals surface area contributed by atoms with Crippen molar-refractivity contribution in [2.45, 2.75) is 20.8 Å². The van der Waals surface area contributed by atoms with E-state index in [4.69, 9.17) is 17.2 Å². The molecule has 6 heteroatoms. The molecule has 0 aliphatic carbocycles. The van der Waals surface area contributed by atoms with Crippen molar-refractivity contribution in [2.75, 3.05) is 17.2 Å². The second-order valence-electron chi connectivity index (χ2n) is 3.12. The second kappa shape index (κ2) is 6.88. The number of benzene rings is 1. The minimum atomic E-state index is 0. The number of halogens is 3. The minimum absolute atomic E-state index is 0. The highest BCUT2D eigenvalue weighted by Crippen LogP contribution is 2.32. The van der Waals surface area contributed by atoms with Crippen LogP contribution in [0.4, 0.5) is 17.1 Å². The first-order chi connectivity index (χ1) is 5.46. The van der Waals surface area contributed by atoms with E-state index in [1.165, 1.54) is 0 Å². The maximum absolute atomic E-state index is 5.79. The lowest BCUT2D eigenvalue weighted by Crippen LogP contribution is -2.05. The monoisotopic (exact) mass is 273 g/mol. The molecule has 1 aromatic carbocycles. The van der Waals surface area contributed by atoms with E-state index in [0.717, 1.165) is 16.7 Å². The Labute approximate surface area is 109 Å². The number of hydrogen-bond donors (Lipinski definition) is 3. The Morgan fingerprint density at radius 1 is 0.533 bits per heavy atom. The van der Waals surface area contributed by atoms with Crippen molar-refractivity contribution in [1.29, 1.82) is 0 Å². The van der Waals surface area contributed by atoms with Crippen molar-refractivity contribution in [3.63, 3.8) is 0 Å². The van der Waals surface area contributed by atoms with E-state index in [1.54, 1.807) is 0 Å². The Morgan fingerprint density at radius 3 is 0.800 bits per heavy atom. The van der Waals surface area contributed by atoms with Crippen molar-refractivity contribution in [2.24, 2.45) is 0 Å². The minimum Gasteiger partial charge on any atom is -0.398 e. The van der Waals surface area contributed by atoms with E-state index in [2.05, 4.69) is 0 Å². The average molecular weight is 275 g/mol. The van der Waals surface area contributed by atoms with E-state index in [0.29, 0.717) is 17.1 Å². The molecule has 0 unspecified atom stereocenters. The van der Waals surface area contributed by atoms with Crippen LogP contribution in [0.5, 0.6) is 0 Å². The Hall–Kier alpha value is -0.510. The summed E-state index contributed by atoms with van der Waals surface area (Å²) < 4.78 is 0. The number of hydrogen-bond acceptors (Lipinski definition) is 3. The SMILES string of the molecule is Cc1c(N)c(C)c(N)c(C)c1N.Cl.Cl.Cl. The van der Waals surface area contributed by atoms with Crippen molar-refractivity contribution >= 4 is 54.3 Å². The van der Waals surface area contributed by atoms with Crippen LogP contribution in [-0.4, -0.2) is 0 Å². The summed E-state index contributed by atoms with van der Waals surface area (Å²) in [6, 6.07) is 0. The summed E-state index contributed by atoms with van der Waals surface area (Å²) in [4.78, 5) is 0. The molecule has 0 spiro atoms. The third-order valence-electron chi connectivity index (χ3n) is 2.42. The molecular formula is C9H18Cl3N3. The highest BCUT2D eigenvalue weighted by Gasteiger charge is 2.10. The number of rotatable bonds is 0. The summed E-state index contributed by atoms with van der Waals surface area (Å²) in [5.74, 6) is 0. The van der Waals surface area contributed by atoms with Gasteiger partial charge in [-0.25, -0.2) is 0 Å². The first-order valence-electron chi connectivity index (χ1n) is 3.87. The van der Waals surface area contributed by atoms with Gasteiger partial charge in [0.25, 0.3) is 0 Å². The lowest BCUT2D eigenvalue weighted by molar-refractivity contribution is 1.33. The molecule has 1 aromatic rings. The second-order valence-corrected chi connectivity index (χ2v) is 3.12. The summed E-state index contributed by atoms with van der Waals surface area (Å²) in [6.07, 6.45) is 0. The molecule has 3 nitrogen and oxygen atoms in total. The molecule has 0 heterocycles. The molecule has 0 amide bonds. The molecule has 90 valence electrons. The molecule has 6 N–H and O–H groups in total. The van der Waals surface area contributed by atoms with Gasteiger partial charge < -0.3 is 17.2 Å². The zero-order valence-electron chi connectivity index (χ0n) is 8.96. The Bertz CT molecular complexity index is 235. The molecule has 0 fully saturated rings. The quantitative estimate of drug-likeness (QED) is 0.636. The lowest BCUT2D eigenvalue weighted by Gasteiger charge is -2.14. The summed E-state index contributed by atoms with van der Waals surface area (Å²) in [7, 11) is 0. The van der Waals surface area contributed by atoms with Crippen LogP contribution in [0.2, 0.25) is 0 Å². The van der Waals surface area contributed by atoms with E-state index < -0.39 is 0 Å². The van der Waals surface area contributed by atoms with Gasteiger partial charge in [-0.1, -0.05) is 0 Å². The van der Waals surface area contributed by atoms with Gasteiger partial charge in [-0.15, -0.1) is 37.2 Å². The van der Waals surface area contributed by atoms with Crippen LogP contribution in [0.15, 0.2) is 0 Å². The van der Waals surface area contributed by atoms with Crippen molar-refractivity contribution < 1.29 is 0 Å². The first kappa shape index (κ1) is 20.0. The van der Waals surface area contributed by atoms with Crippen LogP contribution in [0, 0.1) is 20.8 Å². The van der Waals surface area contributed by atoms with Crippen LogP contribution in [0.1, 0.15) is 16.7 Å². The Balaban J connectivity index is -0.000000480. The van der Waals surface area contributed by atoms with Gasteiger partial charge in [-0.2, -0.15) is 0 Å². The standard InChI is InChI=1S/C9H15N3.3ClH/c1-4-7(10)5(2)9(12)6(3)8(4)11;;;/h10-12H2,1-3H3;3*1H. The van der Waals surface area contributed by atoms with Gasteiger partial charge >= 0.3 is 0 Å². The van der Waals surface area contributed by atoms with Crippen LogP contribution in [0.25, 0.3) is 0 Å². The van der Waals surface area contributed by atoms with E-state index >= 15 is 0 Å². The molecule has 0 atom stereocenters. The third-order valence-corrected chi connectivity index (χ3v) is 2.42. The highest BCUT2D eigenvalue weighted by molar-refractivity contribution is 5.86. The van der Waals surface area contributed by atoms with Gasteiger partial charge in [0.05, 0.1) is 0 Å². The van der Waals surface area contributed by atoms with Gasteiger partial charge in [0.15, 0.2) is 0 Å². The summed E-state index contributed by atoms with van der Waals surface area (Å²) in [5, 5.41) is 0. The molecule has 0 saturated heterocycles. The van der Waals surface area contributed by atoms with Crippen LogP contribution < -0.4 is 17.2 Å². The fourth-order valence-corrected chi connectivity index (χ4v) is 1.28. The predicted octanol–water partition coefficient (Wildman–Crippen LogP) is 2.62. The van der Waals surface area contributed by atoms with Crippen LogP contribution in [-0.2, 0) is 0 Å². The molecular weight excluding hydrogens is 256 g/mol. The molecule has 0 radical (unpaired) electrons. The smallest absolute Gasteiger partial charge is 0.0415 e. The predicted molar refractivity (Wildman–Crippen MR) is 75.6 cm³/mol. The average Bonchev–Trinajstić information content (AvgIpc) is 2.08. The fourth-order valence-electron chi connectivity index (χ4n) is 1.28. The highest BCUT2D eigenvalue weighted by atomic mass is 35.5. The Kier molecular flexibility index (Phi) is 9.16. The van der Waals surface area contributed by atoms with Gasteiger partial charge in [-0.3, -0.25) is 0 Å². The van der Waals surface area contributed by atoms with Crippen molar-refractivity contribution in [1.82, 2.24) is 0 Å². The lowest BCUT2D eigenvalue weighted by atomic mass is 10.0. The fraction of sp³-hybridized carbons (Fsp3) is 0.333. The maximum Gasteiger partial charge on any atom is 0.0415 e. The van der Waals surface area contributed by atoms with Gasteiger partial charge in [0.1, 0.15) is 0 Å². The summed E-state index contributed by atoms with van der Waals surface area (Å²) >= 11 is 0. The molecule has 15 heavy (non-hydrogen) atoms. The molecule has 0 aliphatic rings. The van der Waals surface area contributed by atoms with Crippen LogP contribution in [0.3, 0.4) is 0 Å². The molecule has 0 aromatic heterocycles. The van der Waals surface area contributed by atoms with Crippen molar-refractivity contribution in [3.8, 4) is 0 Å². The maximum atomic E-state index is 5.79. The first-order valence-corrected chi connectivity index (χ1v) is 3.87. The summed E-state index contributed by atoms with van der Waals surface area (Å²) in [5.41, 5.74) is 22.3. The number of anilines is 3. The van der Waals surface area contributed by atoms with E-state index in [9.17, 15) is 0 Å². The zero-order valence-corrected chi connectivity index (χ0v) is 11.4. The Morgan fingerprint density at radius 2 is 0.667 bits per heavy atom. The van der Waals surface area contributed by atoms with Gasteiger partial charge in [-0.05, 0) is 37.5 Å². The van der Waals surface area contributed by atoms with E-state index in [-0.39, 0.29) is 37.2 Å². The normalized spacial score (nSPS) is 8.20.